The predicted octanol–water partition coefficient (Wildman–Crippen LogP) is 6.23. The molecule has 0 fully saturated rings. The number of hydrogen-bond acceptors (Lipinski definition) is 3. The number of rotatable bonds is 6. The van der Waals surface area contributed by atoms with Gasteiger partial charge in [-0.2, -0.15) is 0 Å². The lowest BCUT2D eigenvalue weighted by Crippen LogP contribution is -2.40. The van der Waals surface area contributed by atoms with Gasteiger partial charge < -0.3 is 10.2 Å². The number of aromatic nitrogens is 2. The zero-order valence-electron chi connectivity index (χ0n) is 20.4. The van der Waals surface area contributed by atoms with Gasteiger partial charge in [0.15, 0.2) is 0 Å². The Hall–Kier alpha value is -4.00. The summed E-state index contributed by atoms with van der Waals surface area (Å²) in [6.07, 6.45) is 2.32. The van der Waals surface area contributed by atoms with Crippen LogP contribution >= 0.6 is 0 Å². The molecule has 3 aromatic carbocycles. The van der Waals surface area contributed by atoms with Crippen LogP contribution in [0.15, 0.2) is 77.6 Å². The molecule has 7 heteroatoms. The van der Waals surface area contributed by atoms with Crippen LogP contribution < -0.4 is 10.9 Å². The molecule has 1 aliphatic heterocycles. The van der Waals surface area contributed by atoms with Crippen LogP contribution in [0.3, 0.4) is 0 Å². The Balaban J connectivity index is 1.59. The molecule has 4 aromatic rings. The third-order valence-corrected chi connectivity index (χ3v) is 6.94. The predicted molar refractivity (Wildman–Crippen MR) is 139 cm³/mol. The first-order valence-electron chi connectivity index (χ1n) is 12.4. The molecule has 2 atom stereocenters. The van der Waals surface area contributed by atoms with Crippen molar-refractivity contribution in [3.63, 3.8) is 0 Å². The van der Waals surface area contributed by atoms with Crippen molar-refractivity contribution in [2.45, 2.75) is 51.7 Å². The second-order valence-electron chi connectivity index (χ2n) is 9.20. The van der Waals surface area contributed by atoms with Gasteiger partial charge in [0.1, 0.15) is 17.2 Å². The average molecular weight is 485 g/mol. The Morgan fingerprint density at radius 3 is 2.64 bits per heavy atom. The lowest BCUT2D eigenvalue weighted by Gasteiger charge is -2.34. The number of benzene rings is 3. The molecule has 1 aromatic heterocycles. The summed E-state index contributed by atoms with van der Waals surface area (Å²) in [5, 5.41) is 3.36. The number of amides is 2. The highest BCUT2D eigenvalue weighted by Crippen LogP contribution is 2.37. The number of anilines is 1. The SMILES string of the molecule is CCCc1ccccc1NC(=O)N(C(C)c1ccccc1)C1CCn2c1nc1c(F)cccc1c2=O. The van der Waals surface area contributed by atoms with E-state index in [9.17, 15) is 14.0 Å². The molecule has 2 amide bonds. The van der Waals surface area contributed by atoms with Crippen molar-refractivity contribution in [3.8, 4) is 0 Å². The number of urea groups is 1. The standard InChI is InChI=1S/C29H29FN4O2/c1-3-10-21-13-7-8-16-24(21)31-29(36)34(19(2)20-11-5-4-6-12-20)25-17-18-33-27(25)32-26-22(28(33)35)14-9-15-23(26)30/h4-9,11-16,19,25H,3,10,17-18H2,1-2H3,(H,31,36). The van der Waals surface area contributed by atoms with E-state index in [1.807, 2.05) is 61.5 Å². The Kier molecular flexibility index (Phi) is 6.55. The van der Waals surface area contributed by atoms with E-state index in [4.69, 9.17) is 0 Å². The summed E-state index contributed by atoms with van der Waals surface area (Å²) in [7, 11) is 0. The van der Waals surface area contributed by atoms with Crippen LogP contribution in [0.5, 0.6) is 0 Å². The first-order chi connectivity index (χ1) is 17.5. The van der Waals surface area contributed by atoms with Gasteiger partial charge in [-0.3, -0.25) is 9.36 Å². The molecule has 6 nitrogen and oxygen atoms in total. The van der Waals surface area contributed by atoms with Crippen LogP contribution in [0.1, 0.15) is 55.7 Å². The number of halogens is 1. The fraction of sp³-hybridized carbons (Fsp3) is 0.276. The smallest absolute Gasteiger partial charge is 0.308 e. The maximum Gasteiger partial charge on any atom is 0.322 e. The first-order valence-corrected chi connectivity index (χ1v) is 12.4. The maximum absolute atomic E-state index is 14.6. The number of carbonyl (C=O) groups excluding carboxylic acids is 1. The monoisotopic (exact) mass is 484 g/mol. The van der Waals surface area contributed by atoms with Gasteiger partial charge in [0.2, 0.25) is 0 Å². The van der Waals surface area contributed by atoms with Gasteiger partial charge in [-0.1, -0.05) is 67.9 Å². The lowest BCUT2D eigenvalue weighted by molar-refractivity contribution is 0.159. The minimum absolute atomic E-state index is 0.0432. The molecular weight excluding hydrogens is 455 g/mol. The van der Waals surface area contributed by atoms with Gasteiger partial charge in [-0.25, -0.2) is 14.2 Å². The molecule has 0 bridgehead atoms. The molecule has 2 heterocycles. The van der Waals surface area contributed by atoms with E-state index in [0.717, 1.165) is 29.7 Å². The molecule has 0 saturated heterocycles. The van der Waals surface area contributed by atoms with Gasteiger partial charge in [0.25, 0.3) is 5.56 Å². The van der Waals surface area contributed by atoms with Gasteiger partial charge in [-0.05, 0) is 49.1 Å². The number of carbonyl (C=O) groups is 1. The zero-order chi connectivity index (χ0) is 25.2. The van der Waals surface area contributed by atoms with E-state index in [1.54, 1.807) is 15.5 Å². The van der Waals surface area contributed by atoms with E-state index >= 15 is 0 Å². The number of fused-ring (bicyclic) bond motifs is 2. The van der Waals surface area contributed by atoms with Crippen LogP contribution in [0.2, 0.25) is 0 Å². The molecule has 1 aliphatic rings. The largest absolute Gasteiger partial charge is 0.322 e. The summed E-state index contributed by atoms with van der Waals surface area (Å²) < 4.78 is 16.2. The molecule has 5 rings (SSSR count). The van der Waals surface area contributed by atoms with Gasteiger partial charge in [-0.15, -0.1) is 0 Å². The molecule has 2 unspecified atom stereocenters. The maximum atomic E-state index is 14.6. The zero-order valence-corrected chi connectivity index (χ0v) is 20.4. The molecule has 36 heavy (non-hydrogen) atoms. The Morgan fingerprint density at radius 1 is 1.11 bits per heavy atom. The Morgan fingerprint density at radius 2 is 1.86 bits per heavy atom. The first kappa shape index (κ1) is 23.7. The third-order valence-electron chi connectivity index (χ3n) is 6.94. The summed E-state index contributed by atoms with van der Waals surface area (Å²) >= 11 is 0. The number of nitrogens with one attached hydrogen (secondary N) is 1. The molecular formula is C29H29FN4O2. The summed E-state index contributed by atoms with van der Waals surface area (Å²) in [5.74, 6) is -0.128. The van der Waals surface area contributed by atoms with E-state index in [1.165, 1.54) is 12.1 Å². The third kappa shape index (κ3) is 4.26. The highest BCUT2D eigenvalue weighted by atomic mass is 19.1. The summed E-state index contributed by atoms with van der Waals surface area (Å²) in [5.41, 5.74) is 2.55. The highest BCUT2D eigenvalue weighted by molar-refractivity contribution is 5.91. The van der Waals surface area contributed by atoms with E-state index < -0.39 is 11.9 Å². The van der Waals surface area contributed by atoms with E-state index in [0.29, 0.717) is 18.8 Å². The van der Waals surface area contributed by atoms with Crippen LogP contribution in [0.4, 0.5) is 14.9 Å². The van der Waals surface area contributed by atoms with Crippen molar-refractivity contribution in [2.24, 2.45) is 0 Å². The second kappa shape index (κ2) is 9.93. The topological polar surface area (TPSA) is 67.2 Å². The fourth-order valence-corrected chi connectivity index (χ4v) is 5.13. The minimum Gasteiger partial charge on any atom is -0.308 e. The summed E-state index contributed by atoms with van der Waals surface area (Å²) in [6, 6.07) is 20.9. The van der Waals surface area contributed by atoms with Crippen LogP contribution in [0, 0.1) is 5.82 Å². The van der Waals surface area contributed by atoms with Crippen LogP contribution in [-0.2, 0) is 13.0 Å². The second-order valence-corrected chi connectivity index (χ2v) is 9.20. The quantitative estimate of drug-likeness (QED) is 0.353. The van der Waals surface area contributed by atoms with Crippen LogP contribution in [0.25, 0.3) is 10.9 Å². The van der Waals surface area contributed by atoms with Crippen molar-refractivity contribution in [1.82, 2.24) is 14.5 Å². The molecule has 0 aliphatic carbocycles. The van der Waals surface area contributed by atoms with E-state index in [-0.39, 0.29) is 28.5 Å². The van der Waals surface area contributed by atoms with Crippen molar-refractivity contribution < 1.29 is 9.18 Å². The Labute approximate surface area is 209 Å². The average Bonchev–Trinajstić information content (AvgIpc) is 3.30. The van der Waals surface area contributed by atoms with Gasteiger partial charge >= 0.3 is 6.03 Å². The van der Waals surface area contributed by atoms with Crippen LogP contribution in [-0.4, -0.2) is 20.5 Å². The molecule has 0 saturated carbocycles. The number of nitrogens with zero attached hydrogens (tertiary/aromatic N) is 3. The summed E-state index contributed by atoms with van der Waals surface area (Å²) in [6.45, 7) is 4.48. The lowest BCUT2D eigenvalue weighted by atomic mass is 10.0. The van der Waals surface area contributed by atoms with Crippen molar-refractivity contribution >= 4 is 22.6 Å². The van der Waals surface area contributed by atoms with Gasteiger partial charge in [0, 0.05) is 12.2 Å². The molecule has 1 N–H and O–H groups in total. The number of aryl methyl sites for hydroxylation is 1. The van der Waals surface area contributed by atoms with Crippen molar-refractivity contribution in [3.05, 3.63) is 106 Å². The fourth-order valence-electron chi connectivity index (χ4n) is 5.13. The van der Waals surface area contributed by atoms with Crippen molar-refractivity contribution in [2.75, 3.05) is 5.32 Å². The van der Waals surface area contributed by atoms with E-state index in [2.05, 4.69) is 17.2 Å². The highest BCUT2D eigenvalue weighted by Gasteiger charge is 2.37. The van der Waals surface area contributed by atoms with Gasteiger partial charge in [0.05, 0.1) is 17.5 Å². The minimum atomic E-state index is -0.542. The number of hydrogen-bond donors (Lipinski definition) is 1. The molecule has 184 valence electrons. The van der Waals surface area contributed by atoms with Crippen molar-refractivity contribution in [1.29, 1.82) is 0 Å². The molecule has 0 spiro atoms. The summed E-state index contributed by atoms with van der Waals surface area (Å²) in [4.78, 5) is 33.5. The number of para-hydroxylation sites is 2. The molecule has 0 radical (unpaired) electrons. The normalized spacial score (nSPS) is 15.5. The Bertz CT molecular complexity index is 1470.